The van der Waals surface area contributed by atoms with Gasteiger partial charge in [0, 0.05) is 18.6 Å². The first-order valence-electron chi connectivity index (χ1n) is 6.31. The van der Waals surface area contributed by atoms with E-state index in [1.807, 2.05) is 13.0 Å². The largest absolute Gasteiger partial charge is 0.480 e. The van der Waals surface area contributed by atoms with Crippen LogP contribution in [0.25, 0.3) is 0 Å². The van der Waals surface area contributed by atoms with Gasteiger partial charge in [0.2, 0.25) is 5.91 Å². The monoisotopic (exact) mass is 283 g/mol. The van der Waals surface area contributed by atoms with Gasteiger partial charge in [0.1, 0.15) is 11.8 Å². The van der Waals surface area contributed by atoms with Gasteiger partial charge in [-0.15, -0.1) is 11.8 Å². The molecule has 19 heavy (non-hydrogen) atoms. The second-order valence-electron chi connectivity index (χ2n) is 4.43. The predicted octanol–water partition coefficient (Wildman–Crippen LogP) is 1.98. The standard InChI is InChI=1S/C13H17NO4S/c1-2-12-14(10(8-19-12)13(16)17)11(15)6-5-9-4-3-7-18-9/h3-4,7,10,12H,2,5-6,8H2,1H3,(H,16,17). The molecule has 1 saturated heterocycles. The second-order valence-corrected chi connectivity index (χ2v) is 5.64. The number of nitrogens with zero attached hydrogens (tertiary/aromatic N) is 1. The third-order valence-electron chi connectivity index (χ3n) is 3.18. The number of aryl methyl sites for hydroxylation is 1. The highest BCUT2D eigenvalue weighted by atomic mass is 32.2. The molecular weight excluding hydrogens is 266 g/mol. The molecule has 1 aliphatic heterocycles. The molecule has 2 atom stereocenters. The molecule has 2 unspecified atom stereocenters. The van der Waals surface area contributed by atoms with Gasteiger partial charge in [0.15, 0.2) is 0 Å². The van der Waals surface area contributed by atoms with Crippen molar-refractivity contribution in [3.05, 3.63) is 24.2 Å². The fourth-order valence-electron chi connectivity index (χ4n) is 2.22. The highest BCUT2D eigenvalue weighted by Crippen LogP contribution is 2.32. The lowest BCUT2D eigenvalue weighted by atomic mass is 10.2. The van der Waals surface area contributed by atoms with E-state index in [1.165, 1.54) is 16.7 Å². The van der Waals surface area contributed by atoms with Crippen LogP contribution in [0.5, 0.6) is 0 Å². The first-order chi connectivity index (χ1) is 9.13. The Morgan fingerprint density at radius 2 is 2.37 bits per heavy atom. The normalized spacial score (nSPS) is 22.7. The van der Waals surface area contributed by atoms with Crippen molar-refractivity contribution < 1.29 is 19.1 Å². The van der Waals surface area contributed by atoms with Crippen molar-refractivity contribution in [3.63, 3.8) is 0 Å². The van der Waals surface area contributed by atoms with E-state index in [0.29, 0.717) is 12.2 Å². The molecular formula is C13H17NO4S. The van der Waals surface area contributed by atoms with Crippen LogP contribution in [0.2, 0.25) is 0 Å². The SMILES string of the molecule is CCC1SCC(C(=O)O)N1C(=O)CCc1ccco1. The summed E-state index contributed by atoms with van der Waals surface area (Å²) in [4.78, 5) is 24.9. The van der Waals surface area contributed by atoms with Crippen LogP contribution in [0.3, 0.4) is 0 Å². The Morgan fingerprint density at radius 3 is 2.95 bits per heavy atom. The average molecular weight is 283 g/mol. The predicted molar refractivity (Wildman–Crippen MR) is 71.8 cm³/mol. The molecule has 0 spiro atoms. The van der Waals surface area contributed by atoms with E-state index < -0.39 is 12.0 Å². The van der Waals surface area contributed by atoms with Crippen molar-refractivity contribution in [3.8, 4) is 0 Å². The molecule has 0 saturated carbocycles. The number of amides is 1. The summed E-state index contributed by atoms with van der Waals surface area (Å²) in [6.45, 7) is 1.97. The van der Waals surface area contributed by atoms with Gasteiger partial charge < -0.3 is 14.4 Å². The number of hydrogen-bond donors (Lipinski definition) is 1. The Morgan fingerprint density at radius 1 is 1.58 bits per heavy atom. The number of carbonyl (C=O) groups is 2. The highest BCUT2D eigenvalue weighted by Gasteiger charge is 2.40. The van der Waals surface area contributed by atoms with Gasteiger partial charge in [0.25, 0.3) is 0 Å². The minimum atomic E-state index is -0.921. The van der Waals surface area contributed by atoms with Crippen molar-refractivity contribution in [2.75, 3.05) is 5.75 Å². The molecule has 1 aromatic rings. The third kappa shape index (κ3) is 3.12. The van der Waals surface area contributed by atoms with Crippen molar-refractivity contribution in [2.45, 2.75) is 37.6 Å². The molecule has 0 bridgehead atoms. The lowest BCUT2D eigenvalue weighted by Gasteiger charge is -2.26. The minimum absolute atomic E-state index is 0.0230. The maximum absolute atomic E-state index is 12.2. The molecule has 6 heteroatoms. The summed E-state index contributed by atoms with van der Waals surface area (Å²) in [5.41, 5.74) is 0. The van der Waals surface area contributed by atoms with E-state index >= 15 is 0 Å². The highest BCUT2D eigenvalue weighted by molar-refractivity contribution is 8.00. The van der Waals surface area contributed by atoms with Crippen molar-refractivity contribution >= 4 is 23.6 Å². The van der Waals surface area contributed by atoms with Crippen LogP contribution in [0.1, 0.15) is 25.5 Å². The quantitative estimate of drug-likeness (QED) is 0.894. The van der Waals surface area contributed by atoms with Gasteiger partial charge in [-0.05, 0) is 18.6 Å². The lowest BCUT2D eigenvalue weighted by molar-refractivity contribution is -0.149. The number of furan rings is 1. The fourth-order valence-corrected chi connectivity index (χ4v) is 3.59. The average Bonchev–Trinajstić information content (AvgIpc) is 3.04. The van der Waals surface area contributed by atoms with Gasteiger partial charge in [-0.1, -0.05) is 6.92 Å². The van der Waals surface area contributed by atoms with Gasteiger partial charge in [0.05, 0.1) is 11.6 Å². The van der Waals surface area contributed by atoms with E-state index in [0.717, 1.165) is 12.2 Å². The van der Waals surface area contributed by atoms with E-state index in [4.69, 9.17) is 4.42 Å². The van der Waals surface area contributed by atoms with Crippen LogP contribution in [0.4, 0.5) is 0 Å². The zero-order chi connectivity index (χ0) is 13.8. The smallest absolute Gasteiger partial charge is 0.327 e. The zero-order valence-corrected chi connectivity index (χ0v) is 11.6. The minimum Gasteiger partial charge on any atom is -0.480 e. The number of aliphatic carboxylic acids is 1. The van der Waals surface area contributed by atoms with E-state index in [2.05, 4.69) is 0 Å². The fraction of sp³-hybridized carbons (Fsp3) is 0.538. The van der Waals surface area contributed by atoms with Gasteiger partial charge in [-0.25, -0.2) is 4.79 Å². The summed E-state index contributed by atoms with van der Waals surface area (Å²) in [7, 11) is 0. The molecule has 0 aliphatic carbocycles. The summed E-state index contributed by atoms with van der Waals surface area (Å²) < 4.78 is 5.18. The van der Waals surface area contributed by atoms with E-state index in [-0.39, 0.29) is 17.7 Å². The molecule has 1 fully saturated rings. The van der Waals surface area contributed by atoms with Gasteiger partial charge in [-0.3, -0.25) is 4.79 Å². The molecule has 1 amide bonds. The van der Waals surface area contributed by atoms with Crippen molar-refractivity contribution in [2.24, 2.45) is 0 Å². The topological polar surface area (TPSA) is 70.8 Å². The van der Waals surface area contributed by atoms with Crippen LogP contribution in [0, 0.1) is 0 Å². The van der Waals surface area contributed by atoms with Crippen LogP contribution < -0.4 is 0 Å². The molecule has 0 radical (unpaired) electrons. The summed E-state index contributed by atoms with van der Waals surface area (Å²) in [5.74, 6) is 0.191. The maximum atomic E-state index is 12.2. The second kappa shape index (κ2) is 6.14. The summed E-state index contributed by atoms with van der Waals surface area (Å²) in [6.07, 6.45) is 3.13. The van der Waals surface area contributed by atoms with Crippen LogP contribution in [-0.2, 0) is 16.0 Å². The summed E-state index contributed by atoms with van der Waals surface area (Å²) in [5, 5.41) is 9.15. The van der Waals surface area contributed by atoms with Gasteiger partial charge >= 0.3 is 5.97 Å². The number of carboxylic acids is 1. The molecule has 104 valence electrons. The number of carboxylic acid groups (broad SMARTS) is 1. The zero-order valence-electron chi connectivity index (χ0n) is 10.7. The Labute approximate surface area is 116 Å². The van der Waals surface area contributed by atoms with E-state index in [1.54, 1.807) is 12.3 Å². The van der Waals surface area contributed by atoms with Crippen molar-refractivity contribution in [1.29, 1.82) is 0 Å². The summed E-state index contributed by atoms with van der Waals surface area (Å²) in [6, 6.07) is 2.90. The first kappa shape index (κ1) is 14.0. The Hall–Kier alpha value is -1.43. The summed E-state index contributed by atoms with van der Waals surface area (Å²) >= 11 is 1.54. The molecule has 1 aliphatic rings. The number of carbonyl (C=O) groups excluding carboxylic acids is 1. The Balaban J connectivity index is 2.00. The van der Waals surface area contributed by atoms with Crippen LogP contribution >= 0.6 is 11.8 Å². The van der Waals surface area contributed by atoms with Crippen LogP contribution in [0.15, 0.2) is 22.8 Å². The number of thioether (sulfide) groups is 1. The lowest BCUT2D eigenvalue weighted by Crippen LogP contribution is -2.45. The van der Waals surface area contributed by atoms with E-state index in [9.17, 15) is 14.7 Å². The van der Waals surface area contributed by atoms with Gasteiger partial charge in [-0.2, -0.15) is 0 Å². The first-order valence-corrected chi connectivity index (χ1v) is 7.36. The number of hydrogen-bond acceptors (Lipinski definition) is 4. The maximum Gasteiger partial charge on any atom is 0.327 e. The molecule has 0 aromatic carbocycles. The number of rotatable bonds is 5. The molecule has 1 aromatic heterocycles. The van der Waals surface area contributed by atoms with Crippen molar-refractivity contribution in [1.82, 2.24) is 4.90 Å². The molecule has 2 heterocycles. The Kier molecular flexibility index (Phi) is 4.52. The molecule has 2 rings (SSSR count). The molecule has 5 nitrogen and oxygen atoms in total. The Bertz CT molecular complexity index is 446. The van der Waals surface area contributed by atoms with Crippen LogP contribution in [-0.4, -0.2) is 39.1 Å². The third-order valence-corrected chi connectivity index (χ3v) is 4.63. The molecule has 1 N–H and O–H groups in total.